The number of rotatable bonds is 10. The lowest BCUT2D eigenvalue weighted by Crippen LogP contribution is -2.42. The number of hydrogen-bond acceptors (Lipinski definition) is 6. The van der Waals surface area contributed by atoms with E-state index in [4.69, 9.17) is 4.84 Å². The predicted molar refractivity (Wildman–Crippen MR) is 124 cm³/mol. The summed E-state index contributed by atoms with van der Waals surface area (Å²) in [5.74, 6) is -0.722. The standard InChI is InChI=1S/C25H34N4O5/c1-27-17-13-18-8-9-20-19(25(18)27)6-5-16-28(20)15-4-2-3-7-21(30)26-14-12-24(33)34-29-22(31)10-11-23(29)32/h5-6,10-11,16,18,25H,2-4,7-9,12-15,17H2,1H3,(H2-,26,30,31,32)/p+1. The lowest BCUT2D eigenvalue weighted by atomic mass is 9.82. The molecule has 2 aromatic rings. The summed E-state index contributed by atoms with van der Waals surface area (Å²) in [6.07, 6.45) is 9.05. The topological polar surface area (TPSA) is 108 Å². The van der Waals surface area contributed by atoms with E-state index in [1.165, 1.54) is 42.8 Å². The van der Waals surface area contributed by atoms with Crippen molar-refractivity contribution in [3.05, 3.63) is 41.7 Å². The molecular formula is C25H35N4O5+. The quantitative estimate of drug-likeness (QED) is 0.361. The molecule has 2 atom stereocenters. The first-order chi connectivity index (χ1) is 16.4. The largest absolute Gasteiger partial charge is 0.492 e. The Morgan fingerprint density at radius 2 is 1.91 bits per heavy atom. The number of carbonyl (C=O) groups excluding carboxylic acids is 2. The second-order valence-corrected chi connectivity index (χ2v) is 9.33. The third kappa shape index (κ3) is 5.52. The third-order valence-corrected chi connectivity index (χ3v) is 7.01. The summed E-state index contributed by atoms with van der Waals surface area (Å²) in [6, 6.07) is 7.45. The number of hydrogen-bond donors (Lipinski definition) is 3. The minimum atomic E-state index is -0.666. The average Bonchev–Trinajstić information content (AvgIpc) is 3.36. The monoisotopic (exact) mass is 471 g/mol. The highest BCUT2D eigenvalue weighted by atomic mass is 16.7. The molecule has 3 heterocycles. The van der Waals surface area contributed by atoms with Crippen LogP contribution in [0, 0.1) is 5.92 Å². The molecule has 4 rings (SSSR count). The van der Waals surface area contributed by atoms with Crippen molar-refractivity contribution in [3.8, 4) is 11.8 Å². The zero-order valence-electron chi connectivity index (χ0n) is 19.8. The molecular weight excluding hydrogens is 436 g/mol. The Balaban J connectivity index is 1.13. The van der Waals surface area contributed by atoms with Gasteiger partial charge in [0, 0.05) is 55.6 Å². The van der Waals surface area contributed by atoms with Crippen LogP contribution < -0.4 is 14.7 Å². The van der Waals surface area contributed by atoms with Crippen molar-refractivity contribution < 1.29 is 29.2 Å². The van der Waals surface area contributed by atoms with Crippen LogP contribution in [0.15, 0.2) is 30.5 Å². The first-order valence-corrected chi connectivity index (χ1v) is 12.2. The van der Waals surface area contributed by atoms with Crippen LogP contribution >= 0.6 is 0 Å². The van der Waals surface area contributed by atoms with Crippen LogP contribution in [0.4, 0.5) is 0 Å². The second-order valence-electron chi connectivity index (χ2n) is 9.33. The lowest BCUT2D eigenvalue weighted by molar-refractivity contribution is -0.705. The van der Waals surface area contributed by atoms with E-state index in [-0.39, 0.29) is 30.6 Å². The molecule has 0 aromatic carbocycles. The maximum Gasteiger partial charge on any atom is 0.334 e. The molecule has 2 aliphatic rings. The van der Waals surface area contributed by atoms with E-state index in [1.54, 1.807) is 0 Å². The van der Waals surface area contributed by atoms with E-state index in [0.717, 1.165) is 38.1 Å². The van der Waals surface area contributed by atoms with Gasteiger partial charge < -0.3 is 20.4 Å². The molecule has 0 bridgehead atoms. The Kier molecular flexibility index (Phi) is 7.72. The van der Waals surface area contributed by atoms with Gasteiger partial charge in [-0.25, -0.2) is 9.36 Å². The van der Waals surface area contributed by atoms with E-state index >= 15 is 0 Å². The Hall–Kier alpha value is -3.07. The number of amides is 1. The van der Waals surface area contributed by atoms with Crippen molar-refractivity contribution in [1.82, 2.24) is 14.9 Å². The van der Waals surface area contributed by atoms with Crippen LogP contribution in [0.1, 0.15) is 62.2 Å². The summed E-state index contributed by atoms with van der Waals surface area (Å²) < 4.78 is 3.04. The van der Waals surface area contributed by atoms with Gasteiger partial charge in [-0.05, 0) is 51.3 Å². The summed E-state index contributed by atoms with van der Waals surface area (Å²) >= 11 is 0. The van der Waals surface area contributed by atoms with E-state index in [1.807, 2.05) is 0 Å². The highest BCUT2D eigenvalue weighted by Gasteiger charge is 2.40. The van der Waals surface area contributed by atoms with Gasteiger partial charge in [0.05, 0.1) is 6.42 Å². The van der Waals surface area contributed by atoms with E-state index in [0.29, 0.717) is 17.2 Å². The van der Waals surface area contributed by atoms with Crippen LogP contribution in [0.5, 0.6) is 11.8 Å². The van der Waals surface area contributed by atoms with Crippen molar-refractivity contribution >= 4 is 11.9 Å². The van der Waals surface area contributed by atoms with Gasteiger partial charge in [-0.2, -0.15) is 0 Å². The molecule has 0 spiro atoms. The van der Waals surface area contributed by atoms with Crippen molar-refractivity contribution in [2.75, 3.05) is 20.1 Å². The van der Waals surface area contributed by atoms with Gasteiger partial charge in [0.2, 0.25) is 17.7 Å². The molecule has 1 amide bonds. The van der Waals surface area contributed by atoms with Gasteiger partial charge in [0.25, 0.3) is 0 Å². The molecule has 3 N–H and O–H groups in total. The number of aryl methyl sites for hydroxylation is 1. The zero-order chi connectivity index (χ0) is 24.1. The number of pyridine rings is 1. The number of carbonyl (C=O) groups is 2. The first-order valence-electron chi connectivity index (χ1n) is 12.2. The third-order valence-electron chi connectivity index (χ3n) is 7.01. The van der Waals surface area contributed by atoms with E-state index in [9.17, 15) is 19.8 Å². The molecule has 1 aliphatic heterocycles. The first kappa shape index (κ1) is 24.1. The second kappa shape index (κ2) is 10.9. The minimum absolute atomic E-state index is 0.0599. The van der Waals surface area contributed by atoms with Crippen LogP contribution in [0.2, 0.25) is 0 Å². The van der Waals surface area contributed by atoms with Gasteiger partial charge in [0.15, 0.2) is 11.9 Å². The zero-order valence-corrected chi connectivity index (χ0v) is 19.8. The number of fused-ring (bicyclic) bond motifs is 3. The summed E-state index contributed by atoms with van der Waals surface area (Å²) in [7, 11) is 2.24. The van der Waals surface area contributed by atoms with Gasteiger partial charge in [-0.1, -0.05) is 0 Å². The summed E-state index contributed by atoms with van der Waals surface area (Å²) in [4.78, 5) is 31.2. The molecule has 9 heteroatoms. The van der Waals surface area contributed by atoms with Crippen LogP contribution in [0.25, 0.3) is 0 Å². The summed E-state index contributed by atoms with van der Waals surface area (Å²) in [5, 5.41) is 21.6. The van der Waals surface area contributed by atoms with Crippen LogP contribution in [-0.4, -0.2) is 51.9 Å². The number of nitrogens with one attached hydrogen (secondary N) is 1. The number of nitrogens with zero attached hydrogens (tertiary/aromatic N) is 3. The fraction of sp³-hybridized carbons (Fsp3) is 0.560. The highest BCUT2D eigenvalue weighted by Crippen LogP contribution is 2.42. The van der Waals surface area contributed by atoms with Gasteiger partial charge >= 0.3 is 5.97 Å². The maximum absolute atomic E-state index is 12.1. The van der Waals surface area contributed by atoms with Gasteiger partial charge in [0.1, 0.15) is 6.54 Å². The molecule has 2 aromatic heterocycles. The van der Waals surface area contributed by atoms with Gasteiger partial charge in [-0.3, -0.25) is 9.69 Å². The normalized spacial score (nSPS) is 19.4. The van der Waals surface area contributed by atoms with E-state index in [2.05, 4.69) is 40.2 Å². The van der Waals surface area contributed by atoms with Gasteiger partial charge in [-0.15, -0.1) is 4.73 Å². The van der Waals surface area contributed by atoms with Crippen LogP contribution in [0.3, 0.4) is 0 Å². The smallest absolute Gasteiger partial charge is 0.334 e. The van der Waals surface area contributed by atoms with E-state index < -0.39 is 5.97 Å². The molecule has 9 nitrogen and oxygen atoms in total. The number of aromatic nitrogens is 2. The maximum atomic E-state index is 12.1. The Morgan fingerprint density at radius 1 is 1.12 bits per heavy atom. The number of aromatic hydroxyl groups is 2. The molecule has 2 unspecified atom stereocenters. The fourth-order valence-electron chi connectivity index (χ4n) is 5.29. The van der Waals surface area contributed by atoms with Crippen molar-refractivity contribution in [2.45, 2.75) is 64.0 Å². The molecule has 1 aliphatic carbocycles. The molecule has 34 heavy (non-hydrogen) atoms. The van der Waals surface area contributed by atoms with Crippen molar-refractivity contribution in [3.63, 3.8) is 0 Å². The number of unbranched alkanes of at least 4 members (excludes halogenated alkanes) is 2. The predicted octanol–water partition coefficient (Wildman–Crippen LogP) is 1.85. The average molecular weight is 472 g/mol. The molecule has 184 valence electrons. The highest BCUT2D eigenvalue weighted by molar-refractivity contribution is 5.77. The molecule has 0 saturated carbocycles. The fourth-order valence-corrected chi connectivity index (χ4v) is 5.29. The molecule has 1 fully saturated rings. The van der Waals surface area contributed by atoms with Crippen LogP contribution in [-0.2, 0) is 22.6 Å². The summed E-state index contributed by atoms with van der Waals surface area (Å²) in [6.45, 7) is 2.30. The molecule has 1 saturated heterocycles. The Labute approximate surface area is 199 Å². The van der Waals surface area contributed by atoms with Crippen molar-refractivity contribution in [2.24, 2.45) is 5.92 Å². The number of likely N-dealkylation sites (tertiary alicyclic amines) is 1. The summed E-state index contributed by atoms with van der Waals surface area (Å²) in [5.41, 5.74) is 2.97. The lowest BCUT2D eigenvalue weighted by Gasteiger charge is -2.30. The SMILES string of the molecule is CN1CCC2CCc3c(ccc[n+]3CCCCCC(=O)NCCC(=O)On3c(O)ccc3O)C21. The minimum Gasteiger partial charge on any atom is -0.492 e. The van der Waals surface area contributed by atoms with Crippen molar-refractivity contribution in [1.29, 1.82) is 0 Å². The Bertz CT molecular complexity index is 1000. The Morgan fingerprint density at radius 3 is 2.71 bits per heavy atom. The molecule has 0 radical (unpaired) electrons.